The molecule has 0 fully saturated rings. The number of hydrogen-bond acceptors (Lipinski definition) is 1. The molecule has 0 aliphatic heterocycles. The highest BCUT2D eigenvalue weighted by Gasteiger charge is 2.23. The van der Waals surface area contributed by atoms with Crippen molar-refractivity contribution in [2.75, 3.05) is 0 Å². The zero-order valence-corrected chi connectivity index (χ0v) is 18.3. The summed E-state index contributed by atoms with van der Waals surface area (Å²) in [4.78, 5) is 0. The largest absolute Gasteiger partial charge is 0.457 e. The Balaban J connectivity index is 1.61. The van der Waals surface area contributed by atoms with Crippen LogP contribution in [0.15, 0.2) is 78.9 Å². The van der Waals surface area contributed by atoms with Crippen molar-refractivity contribution in [3.63, 3.8) is 0 Å². The zero-order chi connectivity index (χ0) is 19.1. The predicted molar refractivity (Wildman–Crippen MR) is 123 cm³/mol. The van der Waals surface area contributed by atoms with Gasteiger partial charge in [0, 0.05) is 3.57 Å². The molecule has 0 saturated carbocycles. The van der Waals surface area contributed by atoms with Crippen LogP contribution in [-0.2, 0) is 11.8 Å². The van der Waals surface area contributed by atoms with E-state index >= 15 is 0 Å². The third-order valence-electron chi connectivity index (χ3n) is 5.39. The van der Waals surface area contributed by atoms with Crippen LogP contribution >= 0.6 is 22.6 Å². The minimum absolute atomic E-state index is 0.239. The first kappa shape index (κ1) is 19.9. The van der Waals surface area contributed by atoms with Gasteiger partial charge in [0.05, 0.1) is 0 Å². The van der Waals surface area contributed by atoms with E-state index in [1.807, 2.05) is 36.4 Å². The van der Waals surface area contributed by atoms with Crippen LogP contribution in [0, 0.1) is 3.57 Å². The lowest BCUT2D eigenvalue weighted by atomic mass is 9.76. The Labute approximate surface area is 176 Å². The van der Waals surface area contributed by atoms with E-state index in [1.54, 1.807) is 0 Å². The van der Waals surface area contributed by atoms with Crippen LogP contribution < -0.4 is 4.74 Å². The Hall–Kier alpha value is -1.81. The molecule has 27 heavy (non-hydrogen) atoms. The summed E-state index contributed by atoms with van der Waals surface area (Å²) in [6, 6.07) is 27.5. The monoisotopic (exact) mass is 470 g/mol. The number of aryl methyl sites for hydroxylation is 1. The van der Waals surface area contributed by atoms with E-state index in [0.29, 0.717) is 0 Å². The minimum atomic E-state index is 0.239. The van der Waals surface area contributed by atoms with Gasteiger partial charge in [-0.3, -0.25) is 0 Å². The van der Waals surface area contributed by atoms with Gasteiger partial charge in [0.15, 0.2) is 0 Å². The van der Waals surface area contributed by atoms with Gasteiger partial charge in [0.25, 0.3) is 0 Å². The summed E-state index contributed by atoms with van der Waals surface area (Å²) >= 11 is 2.37. The van der Waals surface area contributed by atoms with E-state index in [1.165, 1.54) is 27.5 Å². The SMILES string of the molecule is CCC(C)(CCCc1cccc(Oc2ccccc2)c1)c1ccc(I)cc1. The summed E-state index contributed by atoms with van der Waals surface area (Å²) in [6.45, 7) is 4.69. The van der Waals surface area contributed by atoms with E-state index in [4.69, 9.17) is 4.74 Å². The summed E-state index contributed by atoms with van der Waals surface area (Å²) in [6.07, 6.45) is 4.59. The van der Waals surface area contributed by atoms with Gasteiger partial charge >= 0.3 is 0 Å². The van der Waals surface area contributed by atoms with Crippen molar-refractivity contribution in [3.8, 4) is 11.5 Å². The average Bonchev–Trinajstić information content (AvgIpc) is 2.69. The number of halogens is 1. The normalized spacial score (nSPS) is 13.1. The van der Waals surface area contributed by atoms with Crippen molar-refractivity contribution in [1.82, 2.24) is 0 Å². The molecule has 0 radical (unpaired) electrons. The molecule has 140 valence electrons. The smallest absolute Gasteiger partial charge is 0.127 e. The molecule has 0 N–H and O–H groups in total. The topological polar surface area (TPSA) is 9.23 Å². The lowest BCUT2D eigenvalue weighted by Crippen LogP contribution is -2.21. The van der Waals surface area contributed by atoms with Gasteiger partial charge in [0.2, 0.25) is 0 Å². The van der Waals surface area contributed by atoms with Gasteiger partial charge in [-0.05, 0) is 101 Å². The molecule has 0 spiro atoms. The summed E-state index contributed by atoms with van der Waals surface area (Å²) in [5, 5.41) is 0. The van der Waals surface area contributed by atoms with Crippen LogP contribution in [0.2, 0.25) is 0 Å². The molecule has 0 saturated heterocycles. The van der Waals surface area contributed by atoms with Crippen LogP contribution in [-0.4, -0.2) is 0 Å². The van der Waals surface area contributed by atoms with Crippen molar-refractivity contribution in [2.45, 2.75) is 44.9 Å². The molecule has 0 aliphatic rings. The Morgan fingerprint density at radius 1 is 0.852 bits per heavy atom. The van der Waals surface area contributed by atoms with Gasteiger partial charge < -0.3 is 4.74 Å². The molecule has 0 aliphatic carbocycles. The Kier molecular flexibility index (Phi) is 6.95. The second-order valence-corrected chi connectivity index (χ2v) is 8.58. The van der Waals surface area contributed by atoms with Crippen LogP contribution in [0.4, 0.5) is 0 Å². The van der Waals surface area contributed by atoms with E-state index < -0.39 is 0 Å². The molecular formula is C25H27IO. The molecule has 1 nitrogen and oxygen atoms in total. The highest BCUT2D eigenvalue weighted by atomic mass is 127. The maximum atomic E-state index is 5.97. The second kappa shape index (κ2) is 9.41. The predicted octanol–water partition coefficient (Wildman–Crippen LogP) is 7.77. The van der Waals surface area contributed by atoms with E-state index in [-0.39, 0.29) is 5.41 Å². The maximum absolute atomic E-state index is 5.97. The quantitative estimate of drug-likeness (QED) is 0.306. The van der Waals surface area contributed by atoms with Crippen LogP contribution in [0.1, 0.15) is 44.2 Å². The van der Waals surface area contributed by atoms with Crippen LogP contribution in [0.5, 0.6) is 11.5 Å². The fraction of sp³-hybridized carbons (Fsp3) is 0.280. The van der Waals surface area contributed by atoms with Crippen molar-refractivity contribution < 1.29 is 4.74 Å². The lowest BCUT2D eigenvalue weighted by molar-refractivity contribution is 0.405. The van der Waals surface area contributed by atoms with Gasteiger partial charge in [-0.1, -0.05) is 56.3 Å². The molecule has 2 heteroatoms. The van der Waals surface area contributed by atoms with E-state index in [9.17, 15) is 0 Å². The van der Waals surface area contributed by atoms with Gasteiger partial charge in [-0.15, -0.1) is 0 Å². The lowest BCUT2D eigenvalue weighted by Gasteiger charge is -2.29. The van der Waals surface area contributed by atoms with Crippen LogP contribution in [0.3, 0.4) is 0 Å². The molecule has 0 amide bonds. The third kappa shape index (κ3) is 5.58. The summed E-state index contributed by atoms with van der Waals surface area (Å²) in [7, 11) is 0. The Bertz CT molecular complexity index is 842. The van der Waals surface area contributed by atoms with Crippen LogP contribution in [0.25, 0.3) is 0 Å². The number of benzene rings is 3. The molecule has 3 aromatic rings. The summed E-state index contributed by atoms with van der Waals surface area (Å²) in [5.41, 5.74) is 3.03. The fourth-order valence-electron chi connectivity index (χ4n) is 3.45. The molecule has 3 rings (SSSR count). The second-order valence-electron chi connectivity index (χ2n) is 7.34. The first-order chi connectivity index (χ1) is 13.1. The summed E-state index contributed by atoms with van der Waals surface area (Å²) < 4.78 is 7.26. The van der Waals surface area contributed by atoms with Gasteiger partial charge in [-0.25, -0.2) is 0 Å². The highest BCUT2D eigenvalue weighted by Crippen LogP contribution is 2.33. The standard InChI is InChI=1S/C25H27IO/c1-3-25(2,21-14-16-22(26)17-15-21)18-8-10-20-9-7-13-24(19-20)27-23-11-5-4-6-12-23/h4-7,9,11-17,19H,3,8,10,18H2,1-2H3. The first-order valence-corrected chi connectivity index (χ1v) is 10.7. The Morgan fingerprint density at radius 3 is 2.26 bits per heavy atom. The number of hydrogen-bond donors (Lipinski definition) is 0. The van der Waals surface area contributed by atoms with Crippen molar-refractivity contribution >= 4 is 22.6 Å². The van der Waals surface area contributed by atoms with Gasteiger partial charge in [0.1, 0.15) is 11.5 Å². The molecule has 1 atom stereocenters. The molecule has 1 unspecified atom stereocenters. The maximum Gasteiger partial charge on any atom is 0.127 e. The number of ether oxygens (including phenoxy) is 1. The van der Waals surface area contributed by atoms with Crippen molar-refractivity contribution in [3.05, 3.63) is 93.6 Å². The third-order valence-corrected chi connectivity index (χ3v) is 6.11. The molecule has 3 aromatic carbocycles. The Morgan fingerprint density at radius 2 is 1.56 bits per heavy atom. The summed E-state index contributed by atoms with van der Waals surface area (Å²) in [5.74, 6) is 1.79. The van der Waals surface area contributed by atoms with Gasteiger partial charge in [-0.2, -0.15) is 0 Å². The van der Waals surface area contributed by atoms with E-state index in [2.05, 4.69) is 78.9 Å². The minimum Gasteiger partial charge on any atom is -0.457 e. The van der Waals surface area contributed by atoms with Crippen molar-refractivity contribution in [1.29, 1.82) is 0 Å². The molecule has 0 heterocycles. The van der Waals surface area contributed by atoms with E-state index in [0.717, 1.165) is 24.3 Å². The number of rotatable bonds is 8. The van der Waals surface area contributed by atoms with Crippen molar-refractivity contribution in [2.24, 2.45) is 0 Å². The first-order valence-electron chi connectivity index (χ1n) is 9.67. The molecule has 0 aromatic heterocycles. The molecule has 0 bridgehead atoms. The average molecular weight is 470 g/mol. The number of para-hydroxylation sites is 1. The molecular weight excluding hydrogens is 443 g/mol. The fourth-order valence-corrected chi connectivity index (χ4v) is 3.81. The highest BCUT2D eigenvalue weighted by molar-refractivity contribution is 14.1. The zero-order valence-electron chi connectivity index (χ0n) is 16.1.